The minimum Gasteiger partial charge on any atom is -0.395 e. The third kappa shape index (κ3) is 2.18. The van der Waals surface area contributed by atoms with Gasteiger partial charge in [0.15, 0.2) is 5.69 Å². The summed E-state index contributed by atoms with van der Waals surface area (Å²) in [5, 5.41) is 6.67. The molecule has 0 spiro atoms. The lowest BCUT2D eigenvalue weighted by Gasteiger charge is -2.25. The molecule has 1 heterocycles. The lowest BCUT2D eigenvalue weighted by Crippen LogP contribution is -2.36. The summed E-state index contributed by atoms with van der Waals surface area (Å²) in [7, 11) is 1.80. The number of rotatable bonds is 4. The van der Waals surface area contributed by atoms with E-state index in [1.54, 1.807) is 18.9 Å². The number of hydrogen-bond acceptors (Lipinski definition) is 3. The van der Waals surface area contributed by atoms with Crippen molar-refractivity contribution >= 4 is 11.6 Å². The van der Waals surface area contributed by atoms with E-state index in [-0.39, 0.29) is 11.9 Å². The van der Waals surface area contributed by atoms with Crippen LogP contribution in [0.1, 0.15) is 42.9 Å². The van der Waals surface area contributed by atoms with Gasteiger partial charge in [0.2, 0.25) is 0 Å². The molecule has 0 aliphatic carbocycles. The number of aryl methyl sites for hydroxylation is 1. The number of nitrogens with one attached hydrogen (secondary N) is 1. The number of aromatic nitrogens is 2. The maximum Gasteiger partial charge on any atom is 0.276 e. The quantitative estimate of drug-likeness (QED) is 0.815. The van der Waals surface area contributed by atoms with Crippen molar-refractivity contribution in [2.75, 3.05) is 12.8 Å². The minimum atomic E-state index is -0.115. The molecule has 5 heteroatoms. The fraction of sp³-hybridized carbons (Fsp3) is 0.636. The van der Waals surface area contributed by atoms with Crippen molar-refractivity contribution in [1.29, 1.82) is 0 Å². The topological polar surface area (TPSA) is 75.0 Å². The molecule has 16 heavy (non-hydrogen) atoms. The normalized spacial score (nSPS) is 10.8. The standard InChI is InChI=1S/C11H20N4O/c1-5-8(6-2)15(4)11(16)10-9(12)7(3)13-14-10/h8H,5-6,12H2,1-4H3,(H,13,14). The Morgan fingerprint density at radius 2 is 2.06 bits per heavy atom. The molecule has 0 aliphatic heterocycles. The summed E-state index contributed by atoms with van der Waals surface area (Å²) in [6.07, 6.45) is 1.87. The maximum absolute atomic E-state index is 12.1. The Kier molecular flexibility index (Phi) is 3.93. The Bertz CT molecular complexity index is 368. The Balaban J connectivity index is 2.89. The van der Waals surface area contributed by atoms with Crippen LogP contribution in [0.2, 0.25) is 0 Å². The van der Waals surface area contributed by atoms with Crippen molar-refractivity contribution < 1.29 is 4.79 Å². The summed E-state index contributed by atoms with van der Waals surface area (Å²) in [6.45, 7) is 5.93. The molecule has 5 nitrogen and oxygen atoms in total. The van der Waals surface area contributed by atoms with E-state index in [0.717, 1.165) is 18.5 Å². The second kappa shape index (κ2) is 5.01. The zero-order valence-corrected chi connectivity index (χ0v) is 10.4. The first-order valence-corrected chi connectivity index (χ1v) is 5.60. The number of anilines is 1. The number of hydrogen-bond donors (Lipinski definition) is 2. The molecule has 0 atom stereocenters. The summed E-state index contributed by atoms with van der Waals surface area (Å²) < 4.78 is 0. The van der Waals surface area contributed by atoms with Crippen molar-refractivity contribution in [2.45, 2.75) is 39.7 Å². The average molecular weight is 224 g/mol. The smallest absolute Gasteiger partial charge is 0.276 e. The molecule has 0 fully saturated rings. The van der Waals surface area contributed by atoms with E-state index in [2.05, 4.69) is 24.0 Å². The second-order valence-electron chi connectivity index (χ2n) is 4.00. The summed E-state index contributed by atoms with van der Waals surface area (Å²) in [6, 6.07) is 0.240. The van der Waals surface area contributed by atoms with Crippen LogP contribution in [0.25, 0.3) is 0 Å². The van der Waals surface area contributed by atoms with Crippen molar-refractivity contribution in [3.05, 3.63) is 11.4 Å². The van der Waals surface area contributed by atoms with Gasteiger partial charge in [0.1, 0.15) is 0 Å². The molecule has 90 valence electrons. The predicted octanol–water partition coefficient (Wildman–Crippen LogP) is 1.56. The van der Waals surface area contributed by atoms with Crippen LogP contribution in [-0.2, 0) is 0 Å². The van der Waals surface area contributed by atoms with Gasteiger partial charge in [-0.15, -0.1) is 0 Å². The van der Waals surface area contributed by atoms with Gasteiger partial charge in [0.05, 0.1) is 11.4 Å². The van der Waals surface area contributed by atoms with Gasteiger partial charge < -0.3 is 10.6 Å². The molecule has 1 aromatic rings. The van der Waals surface area contributed by atoms with Gasteiger partial charge in [0.25, 0.3) is 5.91 Å². The molecule has 1 aromatic heterocycles. The van der Waals surface area contributed by atoms with Gasteiger partial charge >= 0.3 is 0 Å². The van der Waals surface area contributed by atoms with E-state index in [4.69, 9.17) is 5.73 Å². The van der Waals surface area contributed by atoms with Crippen LogP contribution in [0.3, 0.4) is 0 Å². The highest BCUT2D eigenvalue weighted by Gasteiger charge is 2.23. The average Bonchev–Trinajstić information content (AvgIpc) is 2.60. The van der Waals surface area contributed by atoms with E-state index < -0.39 is 0 Å². The number of carbonyl (C=O) groups excluding carboxylic acids is 1. The van der Waals surface area contributed by atoms with Gasteiger partial charge in [-0.25, -0.2) is 0 Å². The van der Waals surface area contributed by atoms with E-state index in [0.29, 0.717) is 11.4 Å². The molecule has 0 aliphatic rings. The summed E-state index contributed by atoms with van der Waals surface area (Å²) in [5.41, 5.74) is 7.29. The van der Waals surface area contributed by atoms with Crippen LogP contribution in [0, 0.1) is 6.92 Å². The Morgan fingerprint density at radius 1 is 1.50 bits per heavy atom. The lowest BCUT2D eigenvalue weighted by atomic mass is 10.1. The van der Waals surface area contributed by atoms with Crippen LogP contribution < -0.4 is 5.73 Å². The molecule has 0 aromatic carbocycles. The van der Waals surface area contributed by atoms with Crippen molar-refractivity contribution in [2.24, 2.45) is 0 Å². The first-order chi connectivity index (χ1) is 7.52. The Morgan fingerprint density at radius 3 is 2.44 bits per heavy atom. The van der Waals surface area contributed by atoms with E-state index in [1.807, 2.05) is 0 Å². The number of H-pyrrole nitrogens is 1. The number of carbonyl (C=O) groups is 1. The molecule has 0 radical (unpaired) electrons. The fourth-order valence-electron chi connectivity index (χ4n) is 1.77. The molecule has 0 saturated carbocycles. The highest BCUT2D eigenvalue weighted by atomic mass is 16.2. The highest BCUT2D eigenvalue weighted by molar-refractivity contribution is 5.97. The third-order valence-electron chi connectivity index (χ3n) is 3.01. The van der Waals surface area contributed by atoms with E-state index in [9.17, 15) is 4.79 Å². The first-order valence-electron chi connectivity index (χ1n) is 5.60. The molecule has 0 saturated heterocycles. The molecule has 3 N–H and O–H groups in total. The van der Waals surface area contributed by atoms with Gasteiger partial charge in [-0.1, -0.05) is 13.8 Å². The van der Waals surface area contributed by atoms with Crippen LogP contribution in [0.5, 0.6) is 0 Å². The van der Waals surface area contributed by atoms with Gasteiger partial charge in [0, 0.05) is 13.1 Å². The number of nitrogens with zero attached hydrogens (tertiary/aromatic N) is 2. The lowest BCUT2D eigenvalue weighted by molar-refractivity contribution is 0.0719. The molecule has 0 bridgehead atoms. The van der Waals surface area contributed by atoms with Crippen molar-refractivity contribution in [3.8, 4) is 0 Å². The Hall–Kier alpha value is -1.52. The monoisotopic (exact) mass is 224 g/mol. The van der Waals surface area contributed by atoms with Crippen LogP contribution in [0.15, 0.2) is 0 Å². The number of nitrogen functional groups attached to an aromatic ring is 1. The fourth-order valence-corrected chi connectivity index (χ4v) is 1.77. The predicted molar refractivity (Wildman–Crippen MR) is 64.2 cm³/mol. The van der Waals surface area contributed by atoms with Crippen LogP contribution >= 0.6 is 0 Å². The SMILES string of the molecule is CCC(CC)N(C)C(=O)c1n[nH]c(C)c1N. The van der Waals surface area contributed by atoms with Crippen molar-refractivity contribution in [1.82, 2.24) is 15.1 Å². The first kappa shape index (κ1) is 12.5. The summed E-state index contributed by atoms with van der Waals surface area (Å²) >= 11 is 0. The van der Waals surface area contributed by atoms with Crippen molar-refractivity contribution in [3.63, 3.8) is 0 Å². The molecule has 1 rings (SSSR count). The van der Waals surface area contributed by atoms with Crippen LogP contribution in [-0.4, -0.2) is 34.1 Å². The molecular weight excluding hydrogens is 204 g/mol. The largest absolute Gasteiger partial charge is 0.395 e. The zero-order chi connectivity index (χ0) is 12.3. The number of aromatic amines is 1. The number of nitrogens with two attached hydrogens (primary N) is 1. The van der Waals surface area contributed by atoms with E-state index in [1.165, 1.54) is 0 Å². The van der Waals surface area contributed by atoms with Gasteiger partial charge in [-0.3, -0.25) is 9.89 Å². The summed E-state index contributed by atoms with van der Waals surface area (Å²) in [5.74, 6) is -0.115. The Labute approximate surface area is 96.0 Å². The zero-order valence-electron chi connectivity index (χ0n) is 10.4. The second-order valence-corrected chi connectivity index (χ2v) is 4.00. The number of amides is 1. The van der Waals surface area contributed by atoms with Crippen LogP contribution in [0.4, 0.5) is 5.69 Å². The maximum atomic E-state index is 12.1. The summed E-state index contributed by atoms with van der Waals surface area (Å²) in [4.78, 5) is 13.8. The third-order valence-corrected chi connectivity index (χ3v) is 3.01. The van der Waals surface area contributed by atoms with Gasteiger partial charge in [-0.2, -0.15) is 5.10 Å². The highest BCUT2D eigenvalue weighted by Crippen LogP contribution is 2.17. The minimum absolute atomic E-state index is 0.115. The molecule has 0 unspecified atom stereocenters. The van der Waals surface area contributed by atoms with E-state index >= 15 is 0 Å². The molecular formula is C11H20N4O. The molecule has 1 amide bonds. The van der Waals surface area contributed by atoms with Gasteiger partial charge in [-0.05, 0) is 19.8 Å².